The van der Waals surface area contributed by atoms with Crippen molar-refractivity contribution in [3.63, 3.8) is 0 Å². The smallest absolute Gasteiger partial charge is 0.406 e. The van der Waals surface area contributed by atoms with E-state index in [9.17, 15) is 22.8 Å². The molecule has 0 saturated heterocycles. The fraction of sp³-hybridized carbons (Fsp3) is 0.286. The van der Waals surface area contributed by atoms with E-state index in [0.717, 1.165) is 6.08 Å². The van der Waals surface area contributed by atoms with Crippen LogP contribution in [0.4, 0.5) is 13.2 Å². The quantitative estimate of drug-likeness (QED) is 0.851. The van der Waals surface area contributed by atoms with E-state index < -0.39 is 24.6 Å². The Kier molecular flexibility index (Phi) is 5.52. The zero-order valence-corrected chi connectivity index (χ0v) is 11.2. The summed E-state index contributed by atoms with van der Waals surface area (Å²) in [5.41, 5.74) is 0.500. The number of carboxylic acid groups (broad SMARTS) is 1. The number of nitrogens with zero attached hydrogens (tertiary/aromatic N) is 1. The van der Waals surface area contributed by atoms with Crippen LogP contribution in [0.3, 0.4) is 0 Å². The number of benzene rings is 1. The van der Waals surface area contributed by atoms with Crippen LogP contribution in [0.2, 0.25) is 0 Å². The van der Waals surface area contributed by atoms with Crippen molar-refractivity contribution < 1.29 is 27.9 Å². The minimum atomic E-state index is -4.47. The third-order valence-corrected chi connectivity index (χ3v) is 2.59. The number of carbonyl (C=O) groups excluding carboxylic acids is 1. The minimum Gasteiger partial charge on any atom is -0.478 e. The van der Waals surface area contributed by atoms with E-state index in [1.807, 2.05) is 0 Å². The summed E-state index contributed by atoms with van der Waals surface area (Å²) in [5.74, 6) is -1.90. The highest BCUT2D eigenvalue weighted by atomic mass is 19.4. The average molecular weight is 301 g/mol. The monoisotopic (exact) mass is 301 g/mol. The molecule has 0 aliphatic heterocycles. The van der Waals surface area contributed by atoms with E-state index in [1.165, 1.54) is 31.2 Å². The lowest BCUT2D eigenvalue weighted by atomic mass is 10.1. The van der Waals surface area contributed by atoms with Crippen LogP contribution < -0.4 is 0 Å². The average Bonchev–Trinajstić information content (AvgIpc) is 2.41. The highest BCUT2D eigenvalue weighted by molar-refractivity contribution is 5.95. The number of halogens is 3. The number of aliphatic carboxylic acids is 1. The predicted octanol–water partition coefficient (Wildman–Crippen LogP) is 2.81. The molecule has 1 aromatic rings. The lowest BCUT2D eigenvalue weighted by molar-refractivity contribution is -0.140. The fourth-order valence-corrected chi connectivity index (χ4v) is 1.67. The molecule has 1 aromatic carbocycles. The standard InChI is InChI=1S/C14H14F3NO3/c1-2-18(9-14(15,16)17)13(21)11-5-3-4-10(8-11)6-7-12(19)20/h3-8H,2,9H2,1H3,(H,19,20). The van der Waals surface area contributed by atoms with Gasteiger partial charge < -0.3 is 10.0 Å². The zero-order valence-electron chi connectivity index (χ0n) is 11.2. The Bertz CT molecular complexity index is 553. The molecule has 0 aromatic heterocycles. The topological polar surface area (TPSA) is 57.6 Å². The second kappa shape index (κ2) is 6.92. The number of carboxylic acids is 1. The molecule has 1 amide bonds. The summed E-state index contributed by atoms with van der Waals surface area (Å²) < 4.78 is 37.2. The summed E-state index contributed by atoms with van der Waals surface area (Å²) in [6.45, 7) is 0.0584. The van der Waals surface area contributed by atoms with Crippen molar-refractivity contribution in [1.29, 1.82) is 0 Å². The second-order valence-electron chi connectivity index (χ2n) is 4.23. The number of alkyl halides is 3. The van der Waals surface area contributed by atoms with E-state index in [2.05, 4.69) is 0 Å². The van der Waals surface area contributed by atoms with E-state index in [4.69, 9.17) is 5.11 Å². The summed E-state index contributed by atoms with van der Waals surface area (Å²) >= 11 is 0. The molecule has 1 rings (SSSR count). The van der Waals surface area contributed by atoms with Crippen LogP contribution in [0.5, 0.6) is 0 Å². The summed E-state index contributed by atoms with van der Waals surface area (Å²) in [6, 6.07) is 5.77. The lowest BCUT2D eigenvalue weighted by Crippen LogP contribution is -2.38. The molecule has 0 aliphatic carbocycles. The van der Waals surface area contributed by atoms with Gasteiger partial charge in [-0.25, -0.2) is 4.79 Å². The maximum Gasteiger partial charge on any atom is 0.406 e. The predicted molar refractivity (Wildman–Crippen MR) is 70.7 cm³/mol. The van der Waals surface area contributed by atoms with Crippen molar-refractivity contribution in [2.45, 2.75) is 13.1 Å². The Morgan fingerprint density at radius 3 is 2.52 bits per heavy atom. The molecule has 0 fully saturated rings. The van der Waals surface area contributed by atoms with Gasteiger partial charge in [-0.1, -0.05) is 12.1 Å². The molecular formula is C14H14F3NO3. The van der Waals surface area contributed by atoms with Gasteiger partial charge in [-0.3, -0.25) is 4.79 Å². The number of hydrogen-bond donors (Lipinski definition) is 1. The summed E-state index contributed by atoms with van der Waals surface area (Å²) in [6.07, 6.45) is -2.32. The molecule has 21 heavy (non-hydrogen) atoms. The van der Waals surface area contributed by atoms with Crippen molar-refractivity contribution in [3.05, 3.63) is 41.5 Å². The normalized spacial score (nSPS) is 11.6. The van der Waals surface area contributed by atoms with Gasteiger partial charge in [-0.05, 0) is 30.7 Å². The van der Waals surface area contributed by atoms with E-state index in [0.29, 0.717) is 10.5 Å². The molecule has 0 heterocycles. The van der Waals surface area contributed by atoms with Crippen molar-refractivity contribution in [1.82, 2.24) is 4.90 Å². The molecule has 0 radical (unpaired) electrons. The zero-order chi connectivity index (χ0) is 16.0. The second-order valence-corrected chi connectivity index (χ2v) is 4.23. The maximum absolute atomic E-state index is 12.4. The molecule has 0 atom stereocenters. The molecule has 114 valence electrons. The van der Waals surface area contributed by atoms with Crippen LogP contribution in [0.1, 0.15) is 22.8 Å². The Morgan fingerprint density at radius 1 is 1.33 bits per heavy atom. The SMILES string of the molecule is CCN(CC(F)(F)F)C(=O)c1cccc(C=CC(=O)O)c1. The van der Waals surface area contributed by atoms with Gasteiger partial charge in [0.15, 0.2) is 0 Å². The van der Waals surface area contributed by atoms with Gasteiger partial charge >= 0.3 is 12.1 Å². The van der Waals surface area contributed by atoms with Crippen LogP contribution in [0.15, 0.2) is 30.3 Å². The van der Waals surface area contributed by atoms with Crippen LogP contribution >= 0.6 is 0 Å². The van der Waals surface area contributed by atoms with Gasteiger partial charge in [0.2, 0.25) is 0 Å². The van der Waals surface area contributed by atoms with Crippen molar-refractivity contribution >= 4 is 18.0 Å². The minimum absolute atomic E-state index is 0.0759. The van der Waals surface area contributed by atoms with Gasteiger partial charge in [0.05, 0.1) is 0 Å². The molecule has 4 nitrogen and oxygen atoms in total. The van der Waals surface area contributed by atoms with Gasteiger partial charge in [0.1, 0.15) is 6.54 Å². The maximum atomic E-state index is 12.4. The third kappa shape index (κ3) is 5.68. The molecule has 0 unspecified atom stereocenters. The number of rotatable bonds is 5. The first kappa shape index (κ1) is 16.7. The van der Waals surface area contributed by atoms with Crippen molar-refractivity contribution in [3.8, 4) is 0 Å². The Hall–Kier alpha value is -2.31. The highest BCUT2D eigenvalue weighted by Gasteiger charge is 2.32. The van der Waals surface area contributed by atoms with Crippen molar-refractivity contribution in [2.75, 3.05) is 13.1 Å². The Morgan fingerprint density at radius 2 is 2.00 bits per heavy atom. The van der Waals surface area contributed by atoms with Gasteiger partial charge in [0, 0.05) is 18.2 Å². The van der Waals surface area contributed by atoms with Crippen LogP contribution in [-0.4, -0.2) is 41.1 Å². The third-order valence-electron chi connectivity index (χ3n) is 2.59. The number of hydrogen-bond acceptors (Lipinski definition) is 2. The molecule has 0 spiro atoms. The molecule has 0 saturated carbocycles. The Balaban J connectivity index is 2.96. The largest absolute Gasteiger partial charge is 0.478 e. The number of carbonyl (C=O) groups is 2. The lowest BCUT2D eigenvalue weighted by Gasteiger charge is -2.22. The first-order valence-corrected chi connectivity index (χ1v) is 6.10. The van der Waals surface area contributed by atoms with Gasteiger partial charge in [-0.15, -0.1) is 0 Å². The summed E-state index contributed by atoms with van der Waals surface area (Å²) in [5, 5.41) is 8.52. The van der Waals surface area contributed by atoms with Crippen LogP contribution in [0, 0.1) is 0 Å². The van der Waals surface area contributed by atoms with Gasteiger partial charge in [-0.2, -0.15) is 13.2 Å². The van der Waals surface area contributed by atoms with Crippen molar-refractivity contribution in [2.24, 2.45) is 0 Å². The highest BCUT2D eigenvalue weighted by Crippen LogP contribution is 2.18. The summed E-state index contributed by atoms with van der Waals surface area (Å²) in [7, 11) is 0. The summed E-state index contributed by atoms with van der Waals surface area (Å²) in [4.78, 5) is 23.1. The van der Waals surface area contributed by atoms with Crippen LogP contribution in [0.25, 0.3) is 6.08 Å². The molecule has 1 N–H and O–H groups in total. The van der Waals surface area contributed by atoms with Crippen LogP contribution in [-0.2, 0) is 4.79 Å². The molecule has 7 heteroatoms. The Labute approximate surface area is 119 Å². The van der Waals surface area contributed by atoms with Gasteiger partial charge in [0.25, 0.3) is 5.91 Å². The van der Waals surface area contributed by atoms with E-state index >= 15 is 0 Å². The van der Waals surface area contributed by atoms with E-state index in [-0.39, 0.29) is 12.1 Å². The molecule has 0 bridgehead atoms. The molecule has 0 aliphatic rings. The first-order valence-electron chi connectivity index (χ1n) is 6.10. The first-order chi connectivity index (χ1) is 9.73. The fourth-order valence-electron chi connectivity index (χ4n) is 1.67. The molecular weight excluding hydrogens is 287 g/mol. The van der Waals surface area contributed by atoms with E-state index in [1.54, 1.807) is 6.07 Å². The number of amides is 1.